The molecule has 1 aromatic rings. The molecule has 0 aliphatic heterocycles. The highest BCUT2D eigenvalue weighted by atomic mass is 32.2. The molecule has 0 aliphatic carbocycles. The van der Waals surface area contributed by atoms with Gasteiger partial charge in [0, 0.05) is 12.6 Å². The summed E-state index contributed by atoms with van der Waals surface area (Å²) < 4.78 is 24.1. The van der Waals surface area contributed by atoms with Gasteiger partial charge >= 0.3 is 0 Å². The lowest BCUT2D eigenvalue weighted by atomic mass is 10.1. The van der Waals surface area contributed by atoms with Gasteiger partial charge in [-0.3, -0.25) is 0 Å². The number of aryl methyl sites for hydroxylation is 1. The first kappa shape index (κ1) is 15.1. The van der Waals surface area contributed by atoms with E-state index in [4.69, 9.17) is 5.11 Å². The Morgan fingerprint density at radius 1 is 1.33 bits per heavy atom. The van der Waals surface area contributed by atoms with Gasteiger partial charge in [-0.2, -0.15) is 0 Å². The van der Waals surface area contributed by atoms with E-state index in [0.717, 1.165) is 11.1 Å². The van der Waals surface area contributed by atoms with E-state index in [0.29, 0.717) is 6.42 Å². The summed E-state index contributed by atoms with van der Waals surface area (Å²) in [5.41, 5.74) is 1.83. The van der Waals surface area contributed by atoms with Crippen molar-refractivity contribution < 1.29 is 13.5 Å². The zero-order valence-electron chi connectivity index (χ0n) is 10.9. The van der Waals surface area contributed by atoms with Gasteiger partial charge in [-0.25, -0.2) is 8.42 Å². The van der Waals surface area contributed by atoms with Crippen molar-refractivity contribution in [2.75, 3.05) is 19.4 Å². The number of aliphatic hydroxyl groups is 1. The minimum atomic E-state index is -3.16. The van der Waals surface area contributed by atoms with Gasteiger partial charge in [0.2, 0.25) is 0 Å². The first-order valence-electron chi connectivity index (χ1n) is 6.01. The maximum absolute atomic E-state index is 12.1. The van der Waals surface area contributed by atoms with Crippen molar-refractivity contribution >= 4 is 9.84 Å². The molecule has 0 heterocycles. The first-order chi connectivity index (χ1) is 8.48. The van der Waals surface area contributed by atoms with E-state index in [-0.39, 0.29) is 24.2 Å². The van der Waals surface area contributed by atoms with Crippen LogP contribution in [0.3, 0.4) is 0 Å². The molecular weight excluding hydrogens is 250 g/mol. The number of hydrogen-bond donors (Lipinski definition) is 2. The second kappa shape index (κ2) is 6.87. The number of rotatable bonds is 7. The lowest BCUT2D eigenvalue weighted by Gasteiger charge is -2.15. The Hall–Kier alpha value is -0.910. The monoisotopic (exact) mass is 271 g/mol. The zero-order valence-corrected chi connectivity index (χ0v) is 11.7. The van der Waals surface area contributed by atoms with Gasteiger partial charge in [0.1, 0.15) is 0 Å². The fraction of sp³-hybridized carbons (Fsp3) is 0.538. The van der Waals surface area contributed by atoms with Gasteiger partial charge in [-0.15, -0.1) is 0 Å². The SMILES string of the molecule is CNC(CCO)CS(=O)(=O)Cc1ccccc1C. The molecule has 0 fully saturated rings. The highest BCUT2D eigenvalue weighted by Crippen LogP contribution is 2.13. The average Bonchev–Trinajstić information content (AvgIpc) is 2.31. The summed E-state index contributed by atoms with van der Waals surface area (Å²) in [6.45, 7) is 1.90. The number of sulfone groups is 1. The van der Waals surface area contributed by atoms with Crippen LogP contribution in [0.4, 0.5) is 0 Å². The Morgan fingerprint density at radius 2 is 2.00 bits per heavy atom. The van der Waals surface area contributed by atoms with E-state index in [1.165, 1.54) is 0 Å². The van der Waals surface area contributed by atoms with E-state index in [2.05, 4.69) is 5.32 Å². The van der Waals surface area contributed by atoms with Crippen LogP contribution in [-0.4, -0.2) is 39.0 Å². The third kappa shape index (κ3) is 4.76. The van der Waals surface area contributed by atoms with Crippen LogP contribution >= 0.6 is 0 Å². The molecule has 0 aliphatic rings. The van der Waals surface area contributed by atoms with Crippen LogP contribution in [0.5, 0.6) is 0 Å². The molecule has 5 heteroatoms. The molecule has 0 saturated heterocycles. The Kier molecular flexibility index (Phi) is 5.78. The van der Waals surface area contributed by atoms with Crippen molar-refractivity contribution in [3.05, 3.63) is 35.4 Å². The van der Waals surface area contributed by atoms with E-state index >= 15 is 0 Å². The molecule has 0 saturated carbocycles. The van der Waals surface area contributed by atoms with E-state index < -0.39 is 9.84 Å². The van der Waals surface area contributed by atoms with Gasteiger partial charge in [0.05, 0.1) is 11.5 Å². The molecule has 1 rings (SSSR count). The van der Waals surface area contributed by atoms with Crippen molar-refractivity contribution in [1.29, 1.82) is 0 Å². The Labute approximate surface area is 109 Å². The van der Waals surface area contributed by atoms with Crippen molar-refractivity contribution in [3.63, 3.8) is 0 Å². The highest BCUT2D eigenvalue weighted by molar-refractivity contribution is 7.90. The quantitative estimate of drug-likeness (QED) is 0.772. The van der Waals surface area contributed by atoms with Crippen LogP contribution in [0.15, 0.2) is 24.3 Å². The summed E-state index contributed by atoms with van der Waals surface area (Å²) >= 11 is 0. The summed E-state index contributed by atoms with van der Waals surface area (Å²) in [6, 6.07) is 7.31. The summed E-state index contributed by atoms with van der Waals surface area (Å²) in [4.78, 5) is 0. The Morgan fingerprint density at radius 3 is 2.56 bits per heavy atom. The van der Waals surface area contributed by atoms with Gasteiger partial charge in [-0.1, -0.05) is 24.3 Å². The zero-order chi connectivity index (χ0) is 13.6. The largest absolute Gasteiger partial charge is 0.396 e. The number of aliphatic hydroxyl groups excluding tert-OH is 1. The first-order valence-corrected chi connectivity index (χ1v) is 7.83. The fourth-order valence-corrected chi connectivity index (χ4v) is 3.70. The van der Waals surface area contributed by atoms with Crippen molar-refractivity contribution in [2.45, 2.75) is 25.1 Å². The van der Waals surface area contributed by atoms with Crippen molar-refractivity contribution in [3.8, 4) is 0 Å². The van der Waals surface area contributed by atoms with Gasteiger partial charge < -0.3 is 10.4 Å². The lowest BCUT2D eigenvalue weighted by Crippen LogP contribution is -2.34. The third-order valence-corrected chi connectivity index (χ3v) is 4.64. The molecule has 0 radical (unpaired) electrons. The summed E-state index contributed by atoms with van der Waals surface area (Å²) in [5, 5.41) is 11.8. The molecule has 0 aromatic heterocycles. The normalized spacial score (nSPS) is 13.5. The molecule has 0 amide bonds. The Bertz CT molecular complexity index is 471. The second-order valence-corrected chi connectivity index (χ2v) is 6.59. The Balaban J connectivity index is 2.73. The lowest BCUT2D eigenvalue weighted by molar-refractivity contribution is 0.272. The van der Waals surface area contributed by atoms with Gasteiger partial charge in [0.15, 0.2) is 9.84 Å². The average molecular weight is 271 g/mol. The smallest absolute Gasteiger partial charge is 0.155 e. The van der Waals surface area contributed by atoms with Gasteiger partial charge in [-0.05, 0) is 31.5 Å². The van der Waals surface area contributed by atoms with Crippen LogP contribution < -0.4 is 5.32 Å². The molecule has 18 heavy (non-hydrogen) atoms. The molecular formula is C13H21NO3S. The van der Waals surface area contributed by atoms with Gasteiger partial charge in [0.25, 0.3) is 0 Å². The maximum Gasteiger partial charge on any atom is 0.155 e. The molecule has 1 atom stereocenters. The summed E-state index contributed by atoms with van der Waals surface area (Å²) in [6.07, 6.45) is 0.448. The number of nitrogens with one attached hydrogen (secondary N) is 1. The van der Waals surface area contributed by atoms with Crippen molar-refractivity contribution in [2.24, 2.45) is 0 Å². The minimum Gasteiger partial charge on any atom is -0.396 e. The summed E-state index contributed by atoms with van der Waals surface area (Å²) in [7, 11) is -1.45. The highest BCUT2D eigenvalue weighted by Gasteiger charge is 2.18. The van der Waals surface area contributed by atoms with E-state index in [1.54, 1.807) is 7.05 Å². The molecule has 2 N–H and O–H groups in total. The molecule has 4 nitrogen and oxygen atoms in total. The number of benzene rings is 1. The third-order valence-electron chi connectivity index (χ3n) is 2.98. The second-order valence-electron chi connectivity index (χ2n) is 4.48. The van der Waals surface area contributed by atoms with Crippen LogP contribution in [0.2, 0.25) is 0 Å². The predicted molar refractivity (Wildman–Crippen MR) is 73.2 cm³/mol. The standard InChI is InChI=1S/C13H21NO3S/c1-11-5-3-4-6-12(11)9-18(16,17)10-13(14-2)7-8-15/h3-6,13-15H,7-10H2,1-2H3. The van der Waals surface area contributed by atoms with E-state index in [9.17, 15) is 8.42 Å². The molecule has 1 aromatic carbocycles. The topological polar surface area (TPSA) is 66.4 Å². The van der Waals surface area contributed by atoms with Crippen LogP contribution in [0.25, 0.3) is 0 Å². The minimum absolute atomic E-state index is 0.00854. The predicted octanol–water partition coefficient (Wildman–Crippen LogP) is 0.880. The van der Waals surface area contributed by atoms with E-state index in [1.807, 2.05) is 31.2 Å². The van der Waals surface area contributed by atoms with Crippen molar-refractivity contribution in [1.82, 2.24) is 5.32 Å². The maximum atomic E-state index is 12.1. The molecule has 102 valence electrons. The van der Waals surface area contributed by atoms with Crippen LogP contribution in [0, 0.1) is 6.92 Å². The molecule has 1 unspecified atom stereocenters. The molecule has 0 spiro atoms. The number of hydrogen-bond acceptors (Lipinski definition) is 4. The fourth-order valence-electron chi connectivity index (χ4n) is 1.84. The molecule has 0 bridgehead atoms. The summed E-state index contributed by atoms with van der Waals surface area (Å²) in [5.74, 6) is 0.113. The van der Waals surface area contributed by atoms with Crippen LogP contribution in [-0.2, 0) is 15.6 Å². The van der Waals surface area contributed by atoms with Crippen LogP contribution in [0.1, 0.15) is 17.5 Å².